The molecule has 0 atom stereocenters. The molecule has 142 valence electrons. The summed E-state index contributed by atoms with van der Waals surface area (Å²) in [6, 6.07) is 11.4. The van der Waals surface area contributed by atoms with Crippen molar-refractivity contribution < 1.29 is 14.3 Å². The van der Waals surface area contributed by atoms with E-state index in [1.165, 1.54) is 22.5 Å². The number of nitrogens with zero attached hydrogens (tertiary/aromatic N) is 1. The third-order valence-electron chi connectivity index (χ3n) is 4.69. The van der Waals surface area contributed by atoms with Gasteiger partial charge in [-0.25, -0.2) is 4.98 Å². The lowest BCUT2D eigenvalue weighted by Crippen LogP contribution is -2.12. The molecule has 1 amide bonds. The standard InChI is InChI=1S/C22H20N2O3S/c1-26-19-10-9-16(12-20(19)27-2)18-13-28-22(23-18)24-21(25)17-8-7-14-5-3-4-6-15(14)11-17/h3,5,7-13H,4,6H2,1-2H3,(H,23,24,25). The second-order valence-electron chi connectivity index (χ2n) is 6.42. The van der Waals surface area contributed by atoms with Crippen molar-refractivity contribution >= 4 is 28.5 Å². The van der Waals surface area contributed by atoms with Gasteiger partial charge in [-0.15, -0.1) is 11.3 Å². The highest BCUT2D eigenvalue weighted by molar-refractivity contribution is 7.14. The van der Waals surface area contributed by atoms with E-state index in [0.717, 1.165) is 24.1 Å². The van der Waals surface area contributed by atoms with Gasteiger partial charge < -0.3 is 9.47 Å². The highest BCUT2D eigenvalue weighted by Gasteiger charge is 2.14. The molecule has 2 aromatic carbocycles. The van der Waals surface area contributed by atoms with E-state index in [9.17, 15) is 4.79 Å². The van der Waals surface area contributed by atoms with Crippen LogP contribution in [0, 0.1) is 0 Å². The topological polar surface area (TPSA) is 60.5 Å². The van der Waals surface area contributed by atoms with Gasteiger partial charge in [-0.05, 0) is 54.3 Å². The van der Waals surface area contributed by atoms with Crippen molar-refractivity contribution in [2.75, 3.05) is 19.5 Å². The number of ether oxygens (including phenoxy) is 2. The Kier molecular flexibility index (Phi) is 5.12. The van der Waals surface area contributed by atoms with E-state index in [2.05, 4.69) is 22.5 Å². The predicted molar refractivity (Wildman–Crippen MR) is 112 cm³/mol. The monoisotopic (exact) mass is 392 g/mol. The lowest BCUT2D eigenvalue weighted by Gasteiger charge is -2.11. The van der Waals surface area contributed by atoms with E-state index in [0.29, 0.717) is 22.2 Å². The molecule has 3 aromatic rings. The number of fused-ring (bicyclic) bond motifs is 1. The van der Waals surface area contributed by atoms with E-state index in [1.807, 2.05) is 41.8 Å². The molecule has 1 aliphatic carbocycles. The molecule has 5 nitrogen and oxygen atoms in total. The zero-order valence-electron chi connectivity index (χ0n) is 15.7. The average Bonchev–Trinajstić information content (AvgIpc) is 3.21. The van der Waals surface area contributed by atoms with Crippen LogP contribution < -0.4 is 14.8 Å². The molecule has 0 saturated heterocycles. The number of carbonyl (C=O) groups is 1. The fourth-order valence-electron chi connectivity index (χ4n) is 3.20. The average molecular weight is 392 g/mol. The second-order valence-corrected chi connectivity index (χ2v) is 7.27. The number of rotatable bonds is 5. The van der Waals surface area contributed by atoms with Crippen molar-refractivity contribution in [2.24, 2.45) is 0 Å². The summed E-state index contributed by atoms with van der Waals surface area (Å²) in [5.74, 6) is 1.16. The number of methoxy groups -OCH3 is 2. The number of allylic oxidation sites excluding steroid dienone is 1. The molecule has 0 saturated carbocycles. The molecular formula is C22H20N2O3S. The van der Waals surface area contributed by atoms with Gasteiger partial charge in [-0.3, -0.25) is 10.1 Å². The minimum atomic E-state index is -0.148. The van der Waals surface area contributed by atoms with Gasteiger partial charge in [0.1, 0.15) is 0 Å². The van der Waals surface area contributed by atoms with Crippen LogP contribution in [0.2, 0.25) is 0 Å². The maximum Gasteiger partial charge on any atom is 0.257 e. The highest BCUT2D eigenvalue weighted by Crippen LogP contribution is 2.33. The van der Waals surface area contributed by atoms with Crippen LogP contribution in [0.1, 0.15) is 27.9 Å². The predicted octanol–water partition coefficient (Wildman–Crippen LogP) is 5.04. The van der Waals surface area contributed by atoms with Crippen LogP contribution in [0.15, 0.2) is 47.9 Å². The second kappa shape index (κ2) is 7.86. The number of amides is 1. The molecule has 1 aromatic heterocycles. The van der Waals surface area contributed by atoms with Gasteiger partial charge in [0, 0.05) is 16.5 Å². The van der Waals surface area contributed by atoms with Gasteiger partial charge in [0.15, 0.2) is 16.6 Å². The maximum absolute atomic E-state index is 12.6. The van der Waals surface area contributed by atoms with E-state index < -0.39 is 0 Å². The summed E-state index contributed by atoms with van der Waals surface area (Å²) in [4.78, 5) is 17.2. The summed E-state index contributed by atoms with van der Waals surface area (Å²) in [7, 11) is 3.20. The van der Waals surface area contributed by atoms with Crippen LogP contribution in [-0.2, 0) is 6.42 Å². The van der Waals surface area contributed by atoms with Gasteiger partial charge >= 0.3 is 0 Å². The first-order valence-electron chi connectivity index (χ1n) is 8.96. The summed E-state index contributed by atoms with van der Waals surface area (Å²) in [5, 5.41) is 5.37. The smallest absolute Gasteiger partial charge is 0.257 e. The molecule has 4 rings (SSSR count). The number of thiazole rings is 1. The molecular weight excluding hydrogens is 372 g/mol. The fraction of sp³-hybridized carbons (Fsp3) is 0.182. The molecule has 1 heterocycles. The Labute approximate surface area is 167 Å². The van der Waals surface area contributed by atoms with E-state index in [1.54, 1.807) is 14.2 Å². The summed E-state index contributed by atoms with van der Waals surface area (Å²) in [5.41, 5.74) is 4.72. The van der Waals surface area contributed by atoms with Crippen LogP contribution >= 0.6 is 11.3 Å². The lowest BCUT2D eigenvalue weighted by molar-refractivity contribution is 0.102. The lowest BCUT2D eigenvalue weighted by atomic mass is 9.95. The summed E-state index contributed by atoms with van der Waals surface area (Å²) < 4.78 is 10.6. The normalized spacial score (nSPS) is 12.4. The first-order valence-corrected chi connectivity index (χ1v) is 9.84. The Morgan fingerprint density at radius 2 is 1.96 bits per heavy atom. The van der Waals surface area contributed by atoms with Gasteiger partial charge in [0.05, 0.1) is 19.9 Å². The number of anilines is 1. The highest BCUT2D eigenvalue weighted by atomic mass is 32.1. The molecule has 0 unspecified atom stereocenters. The third kappa shape index (κ3) is 3.64. The van der Waals surface area contributed by atoms with Crippen molar-refractivity contribution in [3.8, 4) is 22.8 Å². The Balaban J connectivity index is 1.52. The number of benzene rings is 2. The van der Waals surface area contributed by atoms with Crippen LogP contribution in [0.25, 0.3) is 17.3 Å². The maximum atomic E-state index is 12.6. The fourth-order valence-corrected chi connectivity index (χ4v) is 3.92. The van der Waals surface area contributed by atoms with Crippen molar-refractivity contribution in [1.29, 1.82) is 0 Å². The number of hydrogen-bond donors (Lipinski definition) is 1. The first kappa shape index (κ1) is 18.3. The van der Waals surface area contributed by atoms with Crippen LogP contribution in [-0.4, -0.2) is 25.1 Å². The molecule has 1 aliphatic rings. The van der Waals surface area contributed by atoms with Crippen LogP contribution in [0.3, 0.4) is 0 Å². The molecule has 0 spiro atoms. The number of aryl methyl sites for hydroxylation is 1. The van der Waals surface area contributed by atoms with Gasteiger partial charge in [0.25, 0.3) is 5.91 Å². The Morgan fingerprint density at radius 3 is 2.79 bits per heavy atom. The SMILES string of the molecule is COc1ccc(-c2csc(NC(=O)c3ccc4c(c3)CCC=C4)n2)cc1OC. The molecule has 0 aliphatic heterocycles. The molecule has 0 fully saturated rings. The third-order valence-corrected chi connectivity index (χ3v) is 5.44. The van der Waals surface area contributed by atoms with Crippen molar-refractivity contribution in [3.05, 3.63) is 64.5 Å². The number of carbonyl (C=O) groups excluding carboxylic acids is 1. The summed E-state index contributed by atoms with van der Waals surface area (Å²) in [6.45, 7) is 0. The van der Waals surface area contributed by atoms with Crippen LogP contribution in [0.4, 0.5) is 5.13 Å². The number of aromatic nitrogens is 1. The van der Waals surface area contributed by atoms with E-state index >= 15 is 0 Å². The van der Waals surface area contributed by atoms with Gasteiger partial charge in [-0.2, -0.15) is 0 Å². The van der Waals surface area contributed by atoms with Gasteiger partial charge in [0.2, 0.25) is 0 Å². The van der Waals surface area contributed by atoms with Crippen molar-refractivity contribution in [2.45, 2.75) is 12.8 Å². The minimum Gasteiger partial charge on any atom is -0.493 e. The molecule has 28 heavy (non-hydrogen) atoms. The van der Waals surface area contributed by atoms with Crippen molar-refractivity contribution in [3.63, 3.8) is 0 Å². The van der Waals surface area contributed by atoms with E-state index in [4.69, 9.17) is 9.47 Å². The van der Waals surface area contributed by atoms with Gasteiger partial charge in [-0.1, -0.05) is 18.2 Å². The Hall–Kier alpha value is -3.12. The molecule has 0 bridgehead atoms. The Bertz CT molecular complexity index is 1060. The number of nitrogens with one attached hydrogen (secondary N) is 1. The Morgan fingerprint density at radius 1 is 1.11 bits per heavy atom. The van der Waals surface area contributed by atoms with Crippen LogP contribution in [0.5, 0.6) is 11.5 Å². The minimum absolute atomic E-state index is 0.148. The largest absolute Gasteiger partial charge is 0.493 e. The first-order chi connectivity index (χ1) is 13.7. The molecule has 6 heteroatoms. The summed E-state index contributed by atoms with van der Waals surface area (Å²) >= 11 is 1.39. The molecule has 0 radical (unpaired) electrons. The van der Waals surface area contributed by atoms with E-state index in [-0.39, 0.29) is 5.91 Å². The quantitative estimate of drug-likeness (QED) is 0.661. The van der Waals surface area contributed by atoms with Crippen molar-refractivity contribution in [1.82, 2.24) is 4.98 Å². The number of hydrogen-bond acceptors (Lipinski definition) is 5. The zero-order chi connectivity index (χ0) is 19.5. The zero-order valence-corrected chi connectivity index (χ0v) is 16.5. The molecule has 1 N–H and O–H groups in total. The summed E-state index contributed by atoms with van der Waals surface area (Å²) in [6.07, 6.45) is 6.25.